The first-order valence-electron chi connectivity index (χ1n) is 9.99. The topological polar surface area (TPSA) is 29.5 Å². The lowest BCUT2D eigenvalue weighted by Gasteiger charge is -2.23. The van der Waals surface area contributed by atoms with E-state index in [4.69, 9.17) is 4.74 Å². The van der Waals surface area contributed by atoms with Crippen molar-refractivity contribution < 1.29 is 18.3 Å². The maximum absolute atomic E-state index is 14.0. The molecule has 0 aromatic heterocycles. The molecule has 0 fully saturated rings. The molecule has 2 aromatic carbocycles. The molecule has 0 saturated heterocycles. The molecule has 0 aliphatic carbocycles. The number of rotatable bonds is 12. The molecule has 0 atom stereocenters. The largest absolute Gasteiger partial charge is 0.484 e. The number of hydrogen-bond donors (Lipinski definition) is 0. The minimum absolute atomic E-state index is 0.108. The van der Waals surface area contributed by atoms with Crippen LogP contribution in [0.4, 0.5) is 8.78 Å². The van der Waals surface area contributed by atoms with E-state index in [1.54, 1.807) is 17.0 Å². The number of carbonyl (C=O) groups excluding carboxylic acids is 1. The Kier molecular flexibility index (Phi) is 9.46. The number of benzene rings is 2. The van der Waals surface area contributed by atoms with E-state index < -0.39 is 11.6 Å². The summed E-state index contributed by atoms with van der Waals surface area (Å²) in [5.74, 6) is -0.850. The van der Waals surface area contributed by atoms with E-state index in [1.165, 1.54) is 31.4 Å². The van der Waals surface area contributed by atoms with E-state index in [0.29, 0.717) is 17.9 Å². The third kappa shape index (κ3) is 7.67. The molecule has 0 unspecified atom stereocenters. The maximum Gasteiger partial charge on any atom is 0.260 e. The molecule has 0 bridgehead atoms. The molecule has 3 nitrogen and oxygen atoms in total. The van der Waals surface area contributed by atoms with Crippen LogP contribution in [0.15, 0.2) is 48.5 Å². The van der Waals surface area contributed by atoms with Crippen LogP contribution < -0.4 is 4.74 Å². The lowest BCUT2D eigenvalue weighted by molar-refractivity contribution is -0.134. The Balaban J connectivity index is 1.94. The van der Waals surface area contributed by atoms with E-state index in [0.717, 1.165) is 25.3 Å². The average molecular weight is 389 g/mol. The van der Waals surface area contributed by atoms with Crippen molar-refractivity contribution in [2.75, 3.05) is 13.2 Å². The van der Waals surface area contributed by atoms with Gasteiger partial charge in [0.2, 0.25) is 0 Å². The molecule has 0 radical (unpaired) electrons. The van der Waals surface area contributed by atoms with Crippen molar-refractivity contribution in [1.82, 2.24) is 4.90 Å². The summed E-state index contributed by atoms with van der Waals surface area (Å²) in [5.41, 5.74) is 0.306. The Morgan fingerprint density at radius 3 is 2.39 bits per heavy atom. The first kappa shape index (κ1) is 21.9. The van der Waals surface area contributed by atoms with Gasteiger partial charge in [-0.15, -0.1) is 0 Å². The molecule has 2 aromatic rings. The van der Waals surface area contributed by atoms with E-state index >= 15 is 0 Å². The molecule has 2 rings (SSSR count). The highest BCUT2D eigenvalue weighted by molar-refractivity contribution is 5.77. The predicted octanol–water partition coefficient (Wildman–Crippen LogP) is 5.73. The van der Waals surface area contributed by atoms with Crippen molar-refractivity contribution in [3.63, 3.8) is 0 Å². The molecule has 0 spiro atoms. The van der Waals surface area contributed by atoms with Gasteiger partial charge in [-0.1, -0.05) is 63.3 Å². The second-order valence-electron chi connectivity index (χ2n) is 6.92. The van der Waals surface area contributed by atoms with Gasteiger partial charge < -0.3 is 9.64 Å². The maximum atomic E-state index is 14.0. The Hall–Kier alpha value is -2.43. The van der Waals surface area contributed by atoms with Gasteiger partial charge in [-0.2, -0.15) is 0 Å². The van der Waals surface area contributed by atoms with Gasteiger partial charge in [0.1, 0.15) is 17.4 Å². The zero-order valence-electron chi connectivity index (χ0n) is 16.5. The van der Waals surface area contributed by atoms with Gasteiger partial charge in [-0.25, -0.2) is 8.78 Å². The number of carbonyl (C=O) groups is 1. The van der Waals surface area contributed by atoms with Gasteiger partial charge >= 0.3 is 0 Å². The Morgan fingerprint density at radius 1 is 0.964 bits per heavy atom. The van der Waals surface area contributed by atoms with Gasteiger partial charge in [0.25, 0.3) is 5.91 Å². The number of nitrogens with zero attached hydrogens (tertiary/aromatic N) is 1. The van der Waals surface area contributed by atoms with E-state index in [1.807, 2.05) is 18.2 Å². The highest BCUT2D eigenvalue weighted by Gasteiger charge is 2.17. The van der Waals surface area contributed by atoms with Crippen LogP contribution in [-0.2, 0) is 11.3 Å². The molecule has 1 amide bonds. The number of halogens is 2. The molecule has 5 heteroatoms. The lowest BCUT2D eigenvalue weighted by atomic mass is 10.1. The molecular weight excluding hydrogens is 360 g/mol. The molecule has 0 saturated carbocycles. The van der Waals surface area contributed by atoms with Crippen molar-refractivity contribution in [2.24, 2.45) is 0 Å². The summed E-state index contributed by atoms with van der Waals surface area (Å²) >= 11 is 0. The van der Waals surface area contributed by atoms with Crippen LogP contribution in [0, 0.1) is 11.6 Å². The van der Waals surface area contributed by atoms with Crippen LogP contribution in [0.1, 0.15) is 51.0 Å². The first-order valence-corrected chi connectivity index (χ1v) is 9.99. The SMILES string of the molecule is CCCCCCCCN(Cc1ccc(F)cc1F)C(=O)COc1ccccc1. The van der Waals surface area contributed by atoms with Crippen LogP contribution in [0.5, 0.6) is 5.75 Å². The quantitative estimate of drug-likeness (QED) is 0.434. The molecule has 0 N–H and O–H groups in total. The number of para-hydroxylation sites is 1. The van der Waals surface area contributed by atoms with Crippen molar-refractivity contribution in [3.05, 3.63) is 65.7 Å². The Morgan fingerprint density at radius 2 is 1.68 bits per heavy atom. The number of ether oxygens (including phenoxy) is 1. The predicted molar refractivity (Wildman–Crippen MR) is 107 cm³/mol. The van der Waals surface area contributed by atoms with Gasteiger partial charge in [0.05, 0.1) is 0 Å². The minimum Gasteiger partial charge on any atom is -0.484 e. The van der Waals surface area contributed by atoms with Crippen molar-refractivity contribution in [2.45, 2.75) is 52.0 Å². The van der Waals surface area contributed by atoms with Crippen molar-refractivity contribution in [1.29, 1.82) is 0 Å². The fourth-order valence-corrected chi connectivity index (χ4v) is 2.98. The molecule has 0 aliphatic rings. The van der Waals surface area contributed by atoms with E-state index in [9.17, 15) is 13.6 Å². The van der Waals surface area contributed by atoms with E-state index in [-0.39, 0.29) is 19.1 Å². The smallest absolute Gasteiger partial charge is 0.260 e. The third-order valence-corrected chi connectivity index (χ3v) is 4.62. The zero-order chi connectivity index (χ0) is 20.2. The Labute approximate surface area is 166 Å². The second-order valence-corrected chi connectivity index (χ2v) is 6.92. The van der Waals surface area contributed by atoms with E-state index in [2.05, 4.69) is 6.92 Å². The van der Waals surface area contributed by atoms with Gasteiger partial charge in [-0.3, -0.25) is 4.79 Å². The molecular formula is C23H29F2NO2. The van der Waals surface area contributed by atoms with Crippen LogP contribution in [-0.4, -0.2) is 24.0 Å². The average Bonchev–Trinajstić information content (AvgIpc) is 2.70. The minimum atomic E-state index is -0.635. The fraction of sp³-hybridized carbons (Fsp3) is 0.435. The summed E-state index contributed by atoms with van der Waals surface area (Å²) in [6.07, 6.45) is 6.59. The summed E-state index contributed by atoms with van der Waals surface area (Å²) in [7, 11) is 0. The van der Waals surface area contributed by atoms with Crippen LogP contribution in [0.25, 0.3) is 0 Å². The molecule has 0 aliphatic heterocycles. The monoisotopic (exact) mass is 389 g/mol. The standard InChI is InChI=1S/C23H29F2NO2/c1-2-3-4-5-6-10-15-26(17-19-13-14-20(24)16-22(19)25)23(27)18-28-21-11-8-7-9-12-21/h7-9,11-14,16H,2-6,10,15,17-18H2,1H3. The normalized spacial score (nSPS) is 10.7. The number of hydrogen-bond acceptors (Lipinski definition) is 2. The molecule has 152 valence electrons. The van der Waals surface area contributed by atoms with Gasteiger partial charge in [0.15, 0.2) is 6.61 Å². The highest BCUT2D eigenvalue weighted by Crippen LogP contribution is 2.15. The van der Waals surface area contributed by atoms with Crippen molar-refractivity contribution in [3.8, 4) is 5.75 Å². The van der Waals surface area contributed by atoms with Crippen LogP contribution >= 0.6 is 0 Å². The van der Waals surface area contributed by atoms with Crippen LogP contribution in [0.3, 0.4) is 0 Å². The lowest BCUT2D eigenvalue weighted by Crippen LogP contribution is -2.35. The summed E-state index contributed by atoms with van der Waals surface area (Å²) in [6.45, 7) is 2.70. The Bertz CT molecular complexity index is 722. The fourth-order valence-electron chi connectivity index (χ4n) is 2.98. The first-order chi connectivity index (χ1) is 13.6. The van der Waals surface area contributed by atoms with Crippen LogP contribution in [0.2, 0.25) is 0 Å². The number of amides is 1. The zero-order valence-corrected chi connectivity index (χ0v) is 16.5. The van der Waals surface area contributed by atoms with Gasteiger partial charge in [-0.05, 0) is 24.6 Å². The summed E-state index contributed by atoms with van der Waals surface area (Å²) in [6, 6.07) is 12.6. The molecule has 28 heavy (non-hydrogen) atoms. The van der Waals surface area contributed by atoms with Gasteiger partial charge in [0, 0.05) is 24.7 Å². The third-order valence-electron chi connectivity index (χ3n) is 4.62. The summed E-state index contributed by atoms with van der Waals surface area (Å²) in [4.78, 5) is 14.3. The number of unbranched alkanes of at least 4 members (excludes halogenated alkanes) is 5. The summed E-state index contributed by atoms with van der Waals surface area (Å²) in [5, 5.41) is 0. The molecule has 0 heterocycles. The summed E-state index contributed by atoms with van der Waals surface area (Å²) < 4.78 is 32.8. The second kappa shape index (κ2) is 12.1. The highest BCUT2D eigenvalue weighted by atomic mass is 19.1. The van der Waals surface area contributed by atoms with Crippen molar-refractivity contribution >= 4 is 5.91 Å².